The lowest BCUT2D eigenvalue weighted by Gasteiger charge is -2.11. The molecule has 0 aliphatic carbocycles. The van der Waals surface area contributed by atoms with Crippen LogP contribution in [0.4, 0.5) is 17.2 Å². The van der Waals surface area contributed by atoms with Gasteiger partial charge in [0.1, 0.15) is 11.6 Å². The van der Waals surface area contributed by atoms with Crippen molar-refractivity contribution >= 4 is 37.2 Å². The Kier molecular flexibility index (Phi) is 5.90. The van der Waals surface area contributed by atoms with Gasteiger partial charge in [0.2, 0.25) is 0 Å². The zero-order chi connectivity index (χ0) is 22.8. The summed E-state index contributed by atoms with van der Waals surface area (Å²) in [6.45, 7) is 3.34. The lowest BCUT2D eigenvalue weighted by atomic mass is 10.3. The highest BCUT2D eigenvalue weighted by Crippen LogP contribution is 2.22. The van der Waals surface area contributed by atoms with Crippen molar-refractivity contribution < 1.29 is 21.8 Å². The van der Waals surface area contributed by atoms with Gasteiger partial charge in [-0.1, -0.05) is 6.07 Å². The molecule has 1 heterocycles. The molecule has 0 unspecified atom stereocenters. The van der Waals surface area contributed by atoms with Crippen molar-refractivity contribution in [3.63, 3.8) is 0 Å². The van der Waals surface area contributed by atoms with E-state index in [2.05, 4.69) is 19.4 Å². The molecule has 0 saturated heterocycles. The van der Waals surface area contributed by atoms with E-state index in [0.717, 1.165) is 6.07 Å². The first kappa shape index (κ1) is 22.1. The topological polar surface area (TPSA) is 161 Å². The monoisotopic (exact) mass is 463 g/mol. The molecule has 0 aliphatic rings. The lowest BCUT2D eigenvalue weighted by molar-refractivity contribution is -0.385. The van der Waals surface area contributed by atoms with E-state index in [1.165, 1.54) is 48.5 Å². The fourth-order valence-corrected chi connectivity index (χ4v) is 4.74. The highest BCUT2D eigenvalue weighted by molar-refractivity contribution is 7.93. The van der Waals surface area contributed by atoms with Gasteiger partial charge in [0.25, 0.3) is 25.7 Å². The van der Waals surface area contributed by atoms with Gasteiger partial charge in [0.15, 0.2) is 0 Å². The molecule has 3 aromatic rings. The summed E-state index contributed by atoms with van der Waals surface area (Å²) in [5.41, 5.74) is 0.306. The van der Waals surface area contributed by atoms with Gasteiger partial charge in [0, 0.05) is 29.6 Å². The van der Waals surface area contributed by atoms with Crippen LogP contribution in [0.25, 0.3) is 0 Å². The molecule has 3 rings (SSSR count). The van der Waals surface area contributed by atoms with Crippen LogP contribution in [0.15, 0.2) is 64.4 Å². The number of aromatic nitrogens is 2. The zero-order valence-electron chi connectivity index (χ0n) is 16.3. The van der Waals surface area contributed by atoms with E-state index < -0.39 is 25.0 Å². The molecule has 162 valence electrons. The molecule has 0 aliphatic heterocycles. The van der Waals surface area contributed by atoms with Crippen molar-refractivity contribution in [2.45, 2.75) is 23.6 Å². The Bertz CT molecular complexity index is 1340. The molecule has 0 amide bonds. The normalized spacial score (nSPS) is 11.7. The predicted molar refractivity (Wildman–Crippen MR) is 113 cm³/mol. The summed E-state index contributed by atoms with van der Waals surface area (Å²) < 4.78 is 54.7. The van der Waals surface area contributed by atoms with Crippen molar-refractivity contribution in [1.29, 1.82) is 0 Å². The van der Waals surface area contributed by atoms with E-state index >= 15 is 0 Å². The number of hydrogen-bond donors (Lipinski definition) is 2. The molecular weight excluding hydrogens is 446 g/mol. The molecule has 13 heteroatoms. The number of non-ortho nitro benzene ring substituents is 1. The number of nitro benzene ring substituents is 1. The number of nitro groups is 1. The number of aryl methyl sites for hydroxylation is 2. The van der Waals surface area contributed by atoms with Crippen molar-refractivity contribution in [3.8, 4) is 0 Å². The minimum atomic E-state index is -4.11. The maximum Gasteiger partial charge on any atom is 0.270 e. The fraction of sp³-hybridized carbons (Fsp3) is 0.111. The highest BCUT2D eigenvalue weighted by Gasteiger charge is 2.19. The summed E-state index contributed by atoms with van der Waals surface area (Å²) in [5, 5.41) is 10.9. The minimum absolute atomic E-state index is 0.0826. The molecule has 0 atom stereocenters. The van der Waals surface area contributed by atoms with Gasteiger partial charge in [-0.15, -0.1) is 0 Å². The summed E-state index contributed by atoms with van der Waals surface area (Å²) in [5.74, 6) is 0.518. The number of hydrogen-bond acceptors (Lipinski definition) is 8. The summed E-state index contributed by atoms with van der Waals surface area (Å²) in [6, 6.07) is 11.0. The van der Waals surface area contributed by atoms with E-state index in [1.54, 1.807) is 13.8 Å². The van der Waals surface area contributed by atoms with Crippen LogP contribution in [0.1, 0.15) is 11.5 Å². The molecule has 0 saturated carbocycles. The van der Waals surface area contributed by atoms with Crippen LogP contribution in [0.2, 0.25) is 0 Å². The van der Waals surface area contributed by atoms with Crippen LogP contribution >= 0.6 is 0 Å². The average molecular weight is 463 g/mol. The third-order valence-corrected chi connectivity index (χ3v) is 6.71. The highest BCUT2D eigenvalue weighted by atomic mass is 32.2. The Morgan fingerprint density at radius 1 is 0.839 bits per heavy atom. The average Bonchev–Trinajstić information content (AvgIpc) is 2.67. The fourth-order valence-electron chi connectivity index (χ4n) is 2.65. The second-order valence-corrected chi connectivity index (χ2v) is 9.80. The van der Waals surface area contributed by atoms with Crippen LogP contribution in [-0.4, -0.2) is 31.7 Å². The third-order valence-electron chi connectivity index (χ3n) is 3.96. The molecule has 2 N–H and O–H groups in total. The first-order valence-corrected chi connectivity index (χ1v) is 11.7. The van der Waals surface area contributed by atoms with E-state index in [0.29, 0.717) is 11.5 Å². The number of nitrogens with zero attached hydrogens (tertiary/aromatic N) is 3. The second kappa shape index (κ2) is 8.28. The molecule has 0 radical (unpaired) electrons. The smallest absolute Gasteiger partial charge is 0.270 e. The first-order valence-electron chi connectivity index (χ1n) is 8.69. The van der Waals surface area contributed by atoms with Gasteiger partial charge in [-0.2, -0.15) is 0 Å². The zero-order valence-corrected chi connectivity index (χ0v) is 17.9. The number of benzene rings is 2. The Balaban J connectivity index is 1.81. The molecule has 0 fully saturated rings. The van der Waals surface area contributed by atoms with E-state index in [1.807, 2.05) is 0 Å². The molecular formula is C18H17N5O6S2. The molecule has 11 nitrogen and oxygen atoms in total. The summed E-state index contributed by atoms with van der Waals surface area (Å²) in [4.78, 5) is 17.8. The Hall–Kier alpha value is -3.58. The predicted octanol–water partition coefficient (Wildman–Crippen LogP) is 2.60. The Morgan fingerprint density at radius 2 is 1.48 bits per heavy atom. The van der Waals surface area contributed by atoms with Gasteiger partial charge in [-0.05, 0) is 44.2 Å². The summed E-state index contributed by atoms with van der Waals surface area (Å²) >= 11 is 0. The van der Waals surface area contributed by atoms with E-state index in [-0.39, 0.29) is 27.0 Å². The summed E-state index contributed by atoms with van der Waals surface area (Å²) in [6.07, 6.45) is 0. The number of rotatable bonds is 7. The van der Waals surface area contributed by atoms with Gasteiger partial charge in [0.05, 0.1) is 14.7 Å². The minimum Gasteiger partial charge on any atom is -0.280 e. The van der Waals surface area contributed by atoms with Gasteiger partial charge < -0.3 is 0 Å². The van der Waals surface area contributed by atoms with Crippen molar-refractivity contribution in [2.24, 2.45) is 0 Å². The molecule has 0 bridgehead atoms. The maximum absolute atomic E-state index is 12.6. The van der Waals surface area contributed by atoms with Crippen LogP contribution in [0.3, 0.4) is 0 Å². The summed E-state index contributed by atoms with van der Waals surface area (Å²) in [7, 11) is -8.08. The van der Waals surface area contributed by atoms with Gasteiger partial charge in [-0.25, -0.2) is 26.8 Å². The first-order chi connectivity index (χ1) is 14.5. The molecule has 1 aromatic heterocycles. The van der Waals surface area contributed by atoms with Gasteiger partial charge in [-0.3, -0.25) is 19.6 Å². The second-order valence-electron chi connectivity index (χ2n) is 6.43. The number of anilines is 2. The van der Waals surface area contributed by atoms with E-state index in [9.17, 15) is 26.9 Å². The third kappa shape index (κ3) is 5.32. The SMILES string of the molecule is Cc1cc(NS(=O)(=O)c2ccc(NS(=O)(=O)c3cccc([N+](=O)[O-])c3)cc2)nc(C)n1. The maximum atomic E-state index is 12.6. The largest absolute Gasteiger partial charge is 0.280 e. The molecule has 31 heavy (non-hydrogen) atoms. The van der Waals surface area contributed by atoms with Crippen LogP contribution in [-0.2, 0) is 20.0 Å². The number of nitrogens with one attached hydrogen (secondary N) is 2. The van der Waals surface area contributed by atoms with Crippen LogP contribution in [0, 0.1) is 24.0 Å². The van der Waals surface area contributed by atoms with Crippen molar-refractivity contribution in [1.82, 2.24) is 9.97 Å². The molecule has 0 spiro atoms. The van der Waals surface area contributed by atoms with Gasteiger partial charge >= 0.3 is 0 Å². The Labute approximate surface area is 178 Å². The number of sulfonamides is 2. The van der Waals surface area contributed by atoms with Crippen molar-refractivity contribution in [3.05, 3.63) is 76.2 Å². The lowest BCUT2D eigenvalue weighted by Crippen LogP contribution is -2.15. The van der Waals surface area contributed by atoms with Crippen LogP contribution in [0.5, 0.6) is 0 Å². The van der Waals surface area contributed by atoms with Crippen molar-refractivity contribution in [2.75, 3.05) is 9.44 Å². The molecule has 2 aromatic carbocycles. The van der Waals surface area contributed by atoms with Crippen LogP contribution < -0.4 is 9.44 Å². The quantitative estimate of drug-likeness (QED) is 0.399. The van der Waals surface area contributed by atoms with E-state index in [4.69, 9.17) is 0 Å². The standard InChI is InChI=1S/C18H17N5O6S2/c1-12-10-18(20-13(2)19-12)22-30(26,27)16-8-6-14(7-9-16)21-31(28,29)17-5-3-4-15(11-17)23(24)25/h3-11,21H,1-2H3,(H,19,20,22). The Morgan fingerprint density at radius 3 is 2.10 bits per heavy atom.